The Hall–Kier alpha value is -1.87. The molecule has 0 aromatic heterocycles. The van der Waals surface area contributed by atoms with E-state index in [9.17, 15) is 13.2 Å². The number of hydrogen-bond acceptors (Lipinski definition) is 1. The maximum atomic E-state index is 13.4. The zero-order valence-electron chi connectivity index (χ0n) is 13.2. The minimum absolute atomic E-state index is 0. The third kappa shape index (κ3) is 4.09. The molecule has 132 valence electrons. The summed E-state index contributed by atoms with van der Waals surface area (Å²) in [4.78, 5) is 0. The Bertz CT molecular complexity index is 717. The minimum atomic E-state index is -2.99. The standard InChI is InChI=1S/C18H12F3OSi.2O.V/c19-13-1-7-16(8-2-13)23(22,17-9-3-14(20)4-10-17)18-11-5-15(21)6-12-18;;;/h1-12H;;;/q-1;2*-2;+5. The van der Waals surface area contributed by atoms with E-state index in [0.29, 0.717) is 0 Å². The Balaban J connectivity index is 0.00000169. The van der Waals surface area contributed by atoms with E-state index in [1.807, 2.05) is 0 Å². The molecule has 3 aromatic carbocycles. The second-order valence-electron chi connectivity index (χ2n) is 5.29. The van der Waals surface area contributed by atoms with Crippen molar-refractivity contribution in [1.82, 2.24) is 0 Å². The first-order valence-corrected chi connectivity index (χ1v) is 9.65. The third-order valence-electron chi connectivity index (χ3n) is 3.89. The van der Waals surface area contributed by atoms with Gasteiger partial charge in [-0.05, 0) is 0 Å². The molecule has 3 nitrogen and oxygen atoms in total. The van der Waals surface area contributed by atoms with E-state index >= 15 is 0 Å². The van der Waals surface area contributed by atoms with Crippen LogP contribution in [0.25, 0.3) is 0 Å². The van der Waals surface area contributed by atoms with Gasteiger partial charge < -0.3 is 11.0 Å². The Morgan fingerprint density at radius 2 is 0.769 bits per heavy atom. The Morgan fingerprint density at radius 1 is 0.538 bits per heavy atom. The molecule has 0 heterocycles. The summed E-state index contributed by atoms with van der Waals surface area (Å²) in [5.41, 5.74) is 0. The van der Waals surface area contributed by atoms with Gasteiger partial charge in [0, 0.05) is 0 Å². The number of hydrogen-bond donors (Lipinski definition) is 0. The molecule has 0 unspecified atom stereocenters. The molecule has 0 aliphatic rings. The molecule has 3 aromatic rings. The van der Waals surface area contributed by atoms with Crippen molar-refractivity contribution in [3.8, 4) is 0 Å². The Morgan fingerprint density at radius 3 is 0.962 bits per heavy atom. The summed E-state index contributed by atoms with van der Waals surface area (Å²) in [7, 11) is -2.99. The molecular formula is C18H12F3O3SiV. The molecule has 0 N–H and O–H groups in total. The fourth-order valence-electron chi connectivity index (χ4n) is 2.71. The van der Waals surface area contributed by atoms with Gasteiger partial charge in [0.25, 0.3) is 0 Å². The molecule has 0 aliphatic heterocycles. The van der Waals surface area contributed by atoms with Crippen LogP contribution in [-0.4, -0.2) is 8.32 Å². The molecule has 3 rings (SSSR count). The summed E-state index contributed by atoms with van der Waals surface area (Å²) in [5.74, 6) is -1.07. The van der Waals surface area contributed by atoms with Crippen LogP contribution in [0.2, 0.25) is 0 Å². The molecule has 0 radical (unpaired) electrons. The number of halogens is 3. The van der Waals surface area contributed by atoms with Crippen molar-refractivity contribution in [3.63, 3.8) is 0 Å². The van der Waals surface area contributed by atoms with Crippen molar-refractivity contribution in [2.24, 2.45) is 0 Å². The third-order valence-corrected chi connectivity index (χ3v) is 8.89. The average molecular weight is 412 g/mol. The summed E-state index contributed by atoms with van der Waals surface area (Å²) in [5, 5.41) is 2.34. The molecular weight excluding hydrogens is 400 g/mol. The van der Waals surface area contributed by atoms with Crippen molar-refractivity contribution in [3.05, 3.63) is 90.2 Å². The van der Waals surface area contributed by atoms with Crippen LogP contribution >= 0.6 is 0 Å². The van der Waals surface area contributed by atoms with Gasteiger partial charge >= 0.3 is 148 Å². The predicted octanol–water partition coefficient (Wildman–Crippen LogP) is 2.31. The fourth-order valence-corrected chi connectivity index (χ4v) is 7.42. The van der Waals surface area contributed by atoms with Gasteiger partial charge in [-0.25, -0.2) is 0 Å². The van der Waals surface area contributed by atoms with E-state index in [0.717, 1.165) is 15.6 Å². The van der Waals surface area contributed by atoms with Crippen molar-refractivity contribution >= 4 is 23.9 Å². The molecule has 0 aliphatic carbocycles. The molecule has 0 atom stereocenters. The Kier molecular flexibility index (Phi) is 7.83. The van der Waals surface area contributed by atoms with Crippen LogP contribution in [0.4, 0.5) is 13.2 Å². The first kappa shape index (κ1) is 22.2. The van der Waals surface area contributed by atoms with Gasteiger partial charge in [-0.3, -0.25) is 0 Å². The fraction of sp³-hybridized carbons (Fsp3) is 0. The molecule has 0 saturated heterocycles. The normalized spacial score (nSPS) is 10.7. The van der Waals surface area contributed by atoms with Crippen molar-refractivity contribution in [2.75, 3.05) is 0 Å². The van der Waals surface area contributed by atoms with E-state index in [4.69, 9.17) is 3.35 Å². The monoisotopic (exact) mass is 412 g/mol. The maximum Gasteiger partial charge on any atom is -2.00 e. The zero-order valence-corrected chi connectivity index (χ0v) is 15.6. The Labute approximate surface area is 159 Å². The van der Waals surface area contributed by atoms with Crippen molar-refractivity contribution in [2.45, 2.75) is 0 Å². The average Bonchev–Trinajstić information content (AvgIpc) is 2.60. The van der Waals surface area contributed by atoms with Gasteiger partial charge in [0.05, 0.1) is 0 Å². The van der Waals surface area contributed by atoms with Gasteiger partial charge in [0.1, 0.15) is 0 Å². The van der Waals surface area contributed by atoms with Crippen LogP contribution < -0.4 is 15.6 Å². The molecule has 0 fully saturated rings. The molecule has 0 spiro atoms. The van der Waals surface area contributed by atoms with Crippen LogP contribution in [0.3, 0.4) is 0 Å². The quantitative estimate of drug-likeness (QED) is 0.479. The maximum absolute atomic E-state index is 13.4. The summed E-state index contributed by atoms with van der Waals surface area (Å²) in [6.07, 6.45) is 0. The van der Waals surface area contributed by atoms with E-state index in [1.54, 1.807) is 36.4 Å². The van der Waals surface area contributed by atoms with Gasteiger partial charge in [0.2, 0.25) is 0 Å². The second kappa shape index (κ2) is 9.18. The zero-order chi connectivity index (χ0) is 17.2. The predicted molar refractivity (Wildman–Crippen MR) is 86.3 cm³/mol. The molecule has 8 heteroatoms. The summed E-state index contributed by atoms with van der Waals surface area (Å²) in [6, 6.07) is 18.1. The number of benzene rings is 3. The van der Waals surface area contributed by atoms with Gasteiger partial charge in [-0.1, -0.05) is 0 Å². The van der Waals surface area contributed by atoms with Crippen LogP contribution in [-0.2, 0) is 32.1 Å². The number of rotatable bonds is 4. The topological polar surface area (TPSA) is 66.2 Å². The van der Waals surface area contributed by atoms with Crippen LogP contribution in [0, 0.1) is 17.5 Å². The van der Waals surface area contributed by atoms with Crippen LogP contribution in [0.5, 0.6) is 0 Å². The molecule has 26 heavy (non-hydrogen) atoms. The van der Waals surface area contributed by atoms with E-state index in [-0.39, 0.29) is 28.4 Å². The van der Waals surface area contributed by atoms with E-state index in [1.165, 1.54) is 36.4 Å². The smallest absolute Gasteiger partial charge is 2.00 e. The molecule has 0 saturated carbocycles. The largest absolute Gasteiger partial charge is 2.00 e. The van der Waals surface area contributed by atoms with Crippen LogP contribution in [0.1, 0.15) is 0 Å². The van der Waals surface area contributed by atoms with Crippen molar-refractivity contribution in [1.29, 1.82) is 0 Å². The first-order valence-electron chi connectivity index (χ1n) is 7.17. The van der Waals surface area contributed by atoms with Gasteiger partial charge in [0.15, 0.2) is 0 Å². The summed E-state index contributed by atoms with van der Waals surface area (Å²) in [6.45, 7) is 0. The molecule has 0 bridgehead atoms. The van der Waals surface area contributed by atoms with E-state index in [2.05, 4.69) is 17.8 Å². The van der Waals surface area contributed by atoms with Crippen molar-refractivity contribution < 1.29 is 45.2 Å². The molecule has 0 amide bonds. The first-order chi connectivity index (χ1) is 11.6. The van der Waals surface area contributed by atoms with E-state index < -0.39 is 8.32 Å². The minimum Gasteiger partial charge on any atom is -2.00 e. The second-order valence-corrected chi connectivity index (χ2v) is 9.43. The van der Waals surface area contributed by atoms with Gasteiger partial charge in [-0.15, -0.1) is 0 Å². The summed E-state index contributed by atoms with van der Waals surface area (Å²) < 4.78 is 46.0. The van der Waals surface area contributed by atoms with Gasteiger partial charge in [-0.2, -0.15) is 0 Å². The SMILES string of the molecule is Fc1ccc([Si]([O][V+4])(c2ccc(F)cc2)c2ccc(F)cc2)cc1.[O-2].[O-2]. The summed E-state index contributed by atoms with van der Waals surface area (Å²) >= 11 is 2.09. The van der Waals surface area contributed by atoms with Crippen LogP contribution in [0.15, 0.2) is 72.8 Å².